The van der Waals surface area contributed by atoms with Crippen molar-refractivity contribution in [3.05, 3.63) is 46.0 Å². The Labute approximate surface area is 122 Å². The van der Waals surface area contributed by atoms with Gasteiger partial charge in [0.05, 0.1) is 19.1 Å². The number of halogens is 1. The highest BCUT2D eigenvalue weighted by atomic mass is 79.9. The molecule has 0 bridgehead atoms. The molecule has 0 fully saturated rings. The van der Waals surface area contributed by atoms with Gasteiger partial charge in [0, 0.05) is 13.5 Å². The zero-order chi connectivity index (χ0) is 14.0. The van der Waals surface area contributed by atoms with Crippen molar-refractivity contribution in [3.63, 3.8) is 0 Å². The molecule has 1 aromatic carbocycles. The second kappa shape index (κ2) is 5.78. The van der Waals surface area contributed by atoms with Gasteiger partial charge in [0.2, 0.25) is 0 Å². The van der Waals surface area contributed by atoms with Gasteiger partial charge in [-0.15, -0.1) is 0 Å². The zero-order valence-corrected chi connectivity index (χ0v) is 13.4. The molecular formula is C15H19BrN2O. The molecule has 2 aromatic rings. The van der Waals surface area contributed by atoms with Crippen molar-refractivity contribution in [2.75, 3.05) is 7.11 Å². The number of methoxy groups -OCH3 is 1. The summed E-state index contributed by atoms with van der Waals surface area (Å²) >= 11 is 3.49. The number of nitrogens with zero attached hydrogens (tertiary/aromatic N) is 2. The van der Waals surface area contributed by atoms with E-state index < -0.39 is 0 Å². The van der Waals surface area contributed by atoms with Gasteiger partial charge >= 0.3 is 0 Å². The molecule has 0 amide bonds. The molecule has 1 heterocycles. The summed E-state index contributed by atoms with van der Waals surface area (Å²) in [5, 5.41) is 0. The minimum Gasteiger partial charge on any atom is -0.496 e. The van der Waals surface area contributed by atoms with E-state index >= 15 is 0 Å². The van der Waals surface area contributed by atoms with E-state index in [-0.39, 0.29) is 0 Å². The number of rotatable bonds is 4. The van der Waals surface area contributed by atoms with Crippen LogP contribution in [0.25, 0.3) is 0 Å². The predicted molar refractivity (Wildman–Crippen MR) is 80.8 cm³/mol. The van der Waals surface area contributed by atoms with E-state index in [9.17, 15) is 0 Å². The molecule has 0 atom stereocenters. The third kappa shape index (κ3) is 3.00. The van der Waals surface area contributed by atoms with Crippen molar-refractivity contribution in [2.24, 2.45) is 7.05 Å². The number of aryl methyl sites for hydroxylation is 1. The maximum absolute atomic E-state index is 5.42. The number of ether oxygens (including phenoxy) is 1. The first kappa shape index (κ1) is 14.1. The van der Waals surface area contributed by atoms with E-state index in [1.807, 2.05) is 17.9 Å². The second-order valence-corrected chi connectivity index (χ2v) is 5.75. The minimum absolute atomic E-state index is 0.449. The van der Waals surface area contributed by atoms with Gasteiger partial charge in [0.1, 0.15) is 10.4 Å². The average Bonchev–Trinajstić information content (AvgIpc) is 2.70. The van der Waals surface area contributed by atoms with Crippen LogP contribution in [0.15, 0.2) is 29.1 Å². The molecule has 0 saturated heterocycles. The lowest BCUT2D eigenvalue weighted by atomic mass is 9.98. The normalized spacial score (nSPS) is 11.1. The summed E-state index contributed by atoms with van der Waals surface area (Å²) in [6.07, 6.45) is 2.69. The van der Waals surface area contributed by atoms with Crippen LogP contribution in [0.5, 0.6) is 5.75 Å². The Kier molecular flexibility index (Phi) is 4.30. The topological polar surface area (TPSA) is 27.1 Å². The molecule has 19 heavy (non-hydrogen) atoms. The van der Waals surface area contributed by atoms with E-state index in [1.54, 1.807) is 7.11 Å². The summed E-state index contributed by atoms with van der Waals surface area (Å²) in [5.74, 6) is 1.41. The Morgan fingerprint density at radius 3 is 2.63 bits per heavy atom. The van der Waals surface area contributed by atoms with Gasteiger partial charge in [0.25, 0.3) is 0 Å². The lowest BCUT2D eigenvalue weighted by molar-refractivity contribution is 0.407. The van der Waals surface area contributed by atoms with Crippen LogP contribution >= 0.6 is 15.9 Å². The maximum Gasteiger partial charge on any atom is 0.127 e. The van der Waals surface area contributed by atoms with E-state index in [1.165, 1.54) is 16.8 Å². The average molecular weight is 323 g/mol. The van der Waals surface area contributed by atoms with Crippen molar-refractivity contribution in [2.45, 2.75) is 26.2 Å². The van der Waals surface area contributed by atoms with Gasteiger partial charge in [0.15, 0.2) is 0 Å². The SMILES string of the molecule is COc1ccc(Cc2c(Br)ncn2C)cc1C(C)C. The molecular weight excluding hydrogens is 304 g/mol. The van der Waals surface area contributed by atoms with Gasteiger partial charge < -0.3 is 9.30 Å². The van der Waals surface area contributed by atoms with Crippen LogP contribution in [0.2, 0.25) is 0 Å². The van der Waals surface area contributed by atoms with Crippen molar-refractivity contribution in [1.29, 1.82) is 0 Å². The molecule has 102 valence electrons. The summed E-state index contributed by atoms with van der Waals surface area (Å²) in [5.41, 5.74) is 3.70. The van der Waals surface area contributed by atoms with Crippen LogP contribution in [0.1, 0.15) is 36.6 Å². The molecule has 0 aliphatic carbocycles. The third-order valence-corrected chi connectivity index (χ3v) is 3.96. The van der Waals surface area contributed by atoms with Crippen LogP contribution in [-0.2, 0) is 13.5 Å². The molecule has 1 aromatic heterocycles. The number of hydrogen-bond donors (Lipinski definition) is 0. The highest BCUT2D eigenvalue weighted by Gasteiger charge is 2.11. The largest absolute Gasteiger partial charge is 0.496 e. The number of imidazole rings is 1. The minimum atomic E-state index is 0.449. The first-order valence-corrected chi connectivity index (χ1v) is 7.14. The Morgan fingerprint density at radius 2 is 2.11 bits per heavy atom. The standard InChI is InChI=1S/C15H19BrN2O/c1-10(2)12-7-11(5-6-14(12)19-4)8-13-15(16)17-9-18(13)3/h5-7,9-10H,8H2,1-4H3. The summed E-state index contributed by atoms with van der Waals surface area (Å²) in [7, 11) is 3.73. The predicted octanol–water partition coefficient (Wildman–Crippen LogP) is 3.91. The summed E-state index contributed by atoms with van der Waals surface area (Å²) in [6.45, 7) is 4.36. The molecule has 0 aliphatic heterocycles. The van der Waals surface area contributed by atoms with Crippen LogP contribution in [0.4, 0.5) is 0 Å². The van der Waals surface area contributed by atoms with Crippen molar-refractivity contribution in [1.82, 2.24) is 9.55 Å². The van der Waals surface area contributed by atoms with Crippen LogP contribution < -0.4 is 4.74 Å². The number of benzene rings is 1. The monoisotopic (exact) mass is 322 g/mol. The first-order chi connectivity index (χ1) is 9.02. The van der Waals surface area contributed by atoms with E-state index in [0.717, 1.165) is 16.8 Å². The molecule has 4 heteroatoms. The summed E-state index contributed by atoms with van der Waals surface area (Å²) in [4.78, 5) is 4.26. The molecule has 0 N–H and O–H groups in total. The molecule has 3 nitrogen and oxygen atoms in total. The van der Waals surface area contributed by atoms with E-state index in [4.69, 9.17) is 4.74 Å². The Balaban J connectivity index is 2.34. The van der Waals surface area contributed by atoms with Gasteiger partial charge in [-0.3, -0.25) is 0 Å². The van der Waals surface area contributed by atoms with Crippen LogP contribution in [-0.4, -0.2) is 16.7 Å². The number of aromatic nitrogens is 2. The van der Waals surface area contributed by atoms with Crippen molar-refractivity contribution < 1.29 is 4.74 Å². The lowest BCUT2D eigenvalue weighted by Gasteiger charge is -2.14. The molecule has 0 spiro atoms. The quantitative estimate of drug-likeness (QED) is 0.853. The Morgan fingerprint density at radius 1 is 1.37 bits per heavy atom. The van der Waals surface area contributed by atoms with E-state index in [2.05, 4.69) is 53.0 Å². The van der Waals surface area contributed by atoms with Crippen molar-refractivity contribution in [3.8, 4) is 5.75 Å². The smallest absolute Gasteiger partial charge is 0.127 e. The second-order valence-electron chi connectivity index (χ2n) is 5.00. The van der Waals surface area contributed by atoms with Crippen molar-refractivity contribution >= 4 is 15.9 Å². The van der Waals surface area contributed by atoms with Crippen LogP contribution in [0, 0.1) is 0 Å². The third-order valence-electron chi connectivity index (χ3n) is 3.30. The summed E-state index contributed by atoms with van der Waals surface area (Å²) in [6, 6.07) is 6.39. The summed E-state index contributed by atoms with van der Waals surface area (Å²) < 4.78 is 8.38. The molecule has 0 aliphatic rings. The molecule has 0 saturated carbocycles. The molecule has 0 radical (unpaired) electrons. The highest BCUT2D eigenvalue weighted by molar-refractivity contribution is 9.10. The van der Waals surface area contributed by atoms with Gasteiger partial charge in [-0.2, -0.15) is 0 Å². The number of hydrogen-bond acceptors (Lipinski definition) is 2. The Hall–Kier alpha value is -1.29. The maximum atomic E-state index is 5.42. The van der Waals surface area contributed by atoms with Gasteiger partial charge in [-0.1, -0.05) is 26.0 Å². The molecule has 2 rings (SSSR count). The fourth-order valence-electron chi connectivity index (χ4n) is 2.16. The van der Waals surface area contributed by atoms with Gasteiger partial charge in [-0.05, 0) is 39.0 Å². The zero-order valence-electron chi connectivity index (χ0n) is 11.8. The van der Waals surface area contributed by atoms with Crippen LogP contribution in [0.3, 0.4) is 0 Å². The fraction of sp³-hybridized carbons (Fsp3) is 0.400. The van der Waals surface area contributed by atoms with E-state index in [0.29, 0.717) is 5.92 Å². The first-order valence-electron chi connectivity index (χ1n) is 6.35. The molecule has 0 unspecified atom stereocenters. The highest BCUT2D eigenvalue weighted by Crippen LogP contribution is 2.28. The Bertz CT molecular complexity index is 556. The van der Waals surface area contributed by atoms with Gasteiger partial charge in [-0.25, -0.2) is 4.98 Å². The fourth-order valence-corrected chi connectivity index (χ4v) is 2.67. The lowest BCUT2D eigenvalue weighted by Crippen LogP contribution is -2.00.